The van der Waals surface area contributed by atoms with Crippen LogP contribution >= 0.6 is 0 Å². The van der Waals surface area contributed by atoms with Crippen molar-refractivity contribution in [3.05, 3.63) is 29.8 Å². The number of ether oxygens (including phenoxy) is 1. The van der Waals surface area contributed by atoms with Gasteiger partial charge in [-0.3, -0.25) is 4.79 Å². The standard InChI is InChI=1S/C20H33N3O4S/c1-5-22(6-2)13-7-12-21-20(24)18-8-10-19(11-9-18)28(25,26)23-14-16(3)27-17(4)15-23/h8-11,16-17H,5-7,12-15H2,1-4H3,(H,21,24)/p+1/t16-,17-/m0/s1. The Morgan fingerprint density at radius 1 is 1.14 bits per heavy atom. The van der Waals surface area contributed by atoms with Crippen LogP contribution in [-0.4, -0.2) is 70.1 Å². The number of nitrogens with zero attached hydrogens (tertiary/aromatic N) is 1. The van der Waals surface area contributed by atoms with Crippen molar-refractivity contribution >= 4 is 15.9 Å². The van der Waals surface area contributed by atoms with E-state index in [9.17, 15) is 13.2 Å². The first-order chi connectivity index (χ1) is 13.3. The fourth-order valence-corrected chi connectivity index (χ4v) is 5.09. The molecule has 1 aliphatic rings. The van der Waals surface area contributed by atoms with Crippen molar-refractivity contribution < 1.29 is 22.8 Å². The topological polar surface area (TPSA) is 80.2 Å². The largest absolute Gasteiger partial charge is 0.373 e. The average Bonchev–Trinajstić information content (AvgIpc) is 2.67. The van der Waals surface area contributed by atoms with Crippen LogP contribution in [-0.2, 0) is 14.8 Å². The van der Waals surface area contributed by atoms with E-state index in [1.165, 1.54) is 21.3 Å². The molecule has 2 N–H and O–H groups in total. The highest BCUT2D eigenvalue weighted by molar-refractivity contribution is 7.89. The number of hydrogen-bond donors (Lipinski definition) is 2. The SMILES string of the molecule is CC[NH+](CC)CCCNC(=O)c1ccc(S(=O)(=O)N2C[C@H](C)O[C@@H](C)C2)cc1. The van der Waals surface area contributed by atoms with E-state index in [2.05, 4.69) is 19.2 Å². The van der Waals surface area contributed by atoms with Gasteiger partial charge in [-0.2, -0.15) is 4.31 Å². The zero-order valence-corrected chi connectivity index (χ0v) is 18.2. The molecule has 0 saturated carbocycles. The molecule has 0 aliphatic carbocycles. The summed E-state index contributed by atoms with van der Waals surface area (Å²) in [5.41, 5.74) is 0.470. The number of sulfonamides is 1. The number of carbonyl (C=O) groups is 1. The second-order valence-corrected chi connectivity index (χ2v) is 9.36. The molecule has 1 aromatic rings. The quantitative estimate of drug-likeness (QED) is 0.580. The molecule has 0 aromatic heterocycles. The summed E-state index contributed by atoms with van der Waals surface area (Å²) in [4.78, 5) is 14.0. The fourth-order valence-electron chi connectivity index (χ4n) is 3.50. The highest BCUT2D eigenvalue weighted by atomic mass is 32.2. The molecule has 1 fully saturated rings. The van der Waals surface area contributed by atoms with Gasteiger partial charge in [-0.05, 0) is 52.0 Å². The third kappa shape index (κ3) is 6.01. The summed E-state index contributed by atoms with van der Waals surface area (Å²) in [5.74, 6) is -0.174. The summed E-state index contributed by atoms with van der Waals surface area (Å²) in [6.45, 7) is 12.5. The first kappa shape index (κ1) is 22.8. The second-order valence-electron chi connectivity index (χ2n) is 7.42. The van der Waals surface area contributed by atoms with Gasteiger partial charge in [0.25, 0.3) is 5.91 Å². The Labute approximate surface area is 169 Å². The van der Waals surface area contributed by atoms with E-state index in [4.69, 9.17) is 4.74 Å². The molecule has 1 aliphatic heterocycles. The van der Waals surface area contributed by atoms with Gasteiger partial charge in [0.15, 0.2) is 0 Å². The van der Waals surface area contributed by atoms with Crippen LogP contribution in [0.4, 0.5) is 0 Å². The minimum Gasteiger partial charge on any atom is -0.373 e. The lowest BCUT2D eigenvalue weighted by molar-refractivity contribution is -0.896. The number of nitrogens with one attached hydrogen (secondary N) is 2. The zero-order chi connectivity index (χ0) is 20.7. The van der Waals surface area contributed by atoms with Crippen LogP contribution < -0.4 is 10.2 Å². The Morgan fingerprint density at radius 3 is 2.25 bits per heavy atom. The highest BCUT2D eigenvalue weighted by Crippen LogP contribution is 2.21. The van der Waals surface area contributed by atoms with Gasteiger partial charge in [-0.15, -0.1) is 0 Å². The molecule has 0 bridgehead atoms. The number of benzene rings is 1. The molecule has 0 spiro atoms. The predicted molar refractivity (Wildman–Crippen MR) is 109 cm³/mol. The molecule has 1 amide bonds. The number of amides is 1. The lowest BCUT2D eigenvalue weighted by Gasteiger charge is -2.34. The normalized spacial score (nSPS) is 21.0. The molecular formula is C20H34N3O4S+. The summed E-state index contributed by atoms with van der Waals surface area (Å²) >= 11 is 0. The Hall–Kier alpha value is -1.48. The van der Waals surface area contributed by atoms with Gasteiger partial charge < -0.3 is 15.0 Å². The van der Waals surface area contributed by atoms with Crippen LogP contribution in [0.15, 0.2) is 29.2 Å². The fraction of sp³-hybridized carbons (Fsp3) is 0.650. The van der Waals surface area contributed by atoms with Crippen molar-refractivity contribution in [1.82, 2.24) is 9.62 Å². The van der Waals surface area contributed by atoms with E-state index < -0.39 is 10.0 Å². The molecule has 1 saturated heterocycles. The molecule has 7 nitrogen and oxygen atoms in total. The molecule has 1 aromatic carbocycles. The molecule has 2 rings (SSSR count). The van der Waals surface area contributed by atoms with E-state index in [0.29, 0.717) is 25.2 Å². The lowest BCUT2D eigenvalue weighted by Crippen LogP contribution is -3.11. The molecule has 2 atom stereocenters. The third-order valence-corrected chi connectivity index (χ3v) is 6.98. The maximum atomic E-state index is 12.9. The van der Waals surface area contributed by atoms with Crippen molar-refractivity contribution in [1.29, 1.82) is 0 Å². The number of carbonyl (C=O) groups excluding carboxylic acids is 1. The summed E-state index contributed by atoms with van der Waals surface area (Å²) in [7, 11) is -3.59. The lowest BCUT2D eigenvalue weighted by atomic mass is 10.2. The van der Waals surface area contributed by atoms with Crippen molar-refractivity contribution in [2.75, 3.05) is 39.3 Å². The zero-order valence-electron chi connectivity index (χ0n) is 17.4. The first-order valence-electron chi connectivity index (χ1n) is 10.1. The van der Waals surface area contributed by atoms with E-state index in [-0.39, 0.29) is 23.0 Å². The Morgan fingerprint density at radius 2 is 1.71 bits per heavy atom. The van der Waals surface area contributed by atoms with E-state index in [0.717, 1.165) is 26.1 Å². The van der Waals surface area contributed by atoms with Gasteiger partial charge in [-0.1, -0.05) is 0 Å². The molecule has 0 unspecified atom stereocenters. The van der Waals surface area contributed by atoms with E-state index in [1.807, 2.05) is 13.8 Å². The Balaban J connectivity index is 1.94. The van der Waals surface area contributed by atoms with Crippen molar-refractivity contribution in [2.45, 2.75) is 51.2 Å². The van der Waals surface area contributed by atoms with Crippen LogP contribution in [0.5, 0.6) is 0 Å². The molecular weight excluding hydrogens is 378 g/mol. The monoisotopic (exact) mass is 412 g/mol. The van der Waals surface area contributed by atoms with Crippen LogP contribution in [0.3, 0.4) is 0 Å². The number of hydrogen-bond acceptors (Lipinski definition) is 4. The maximum Gasteiger partial charge on any atom is 0.251 e. The summed E-state index contributed by atoms with van der Waals surface area (Å²) in [6.07, 6.45) is 0.645. The van der Waals surface area contributed by atoms with Crippen molar-refractivity contribution in [3.63, 3.8) is 0 Å². The Kier molecular flexibility index (Phi) is 8.42. The van der Waals surface area contributed by atoms with Gasteiger partial charge in [-0.25, -0.2) is 8.42 Å². The summed E-state index contributed by atoms with van der Waals surface area (Å²) in [6, 6.07) is 6.17. The first-order valence-corrected chi connectivity index (χ1v) is 11.6. The van der Waals surface area contributed by atoms with Crippen LogP contribution in [0, 0.1) is 0 Å². The van der Waals surface area contributed by atoms with Crippen molar-refractivity contribution in [2.24, 2.45) is 0 Å². The minimum absolute atomic E-state index is 0.137. The number of morpholine rings is 1. The van der Waals surface area contributed by atoms with Crippen LogP contribution in [0.2, 0.25) is 0 Å². The van der Waals surface area contributed by atoms with Crippen molar-refractivity contribution in [3.8, 4) is 0 Å². The molecule has 1 heterocycles. The summed E-state index contributed by atoms with van der Waals surface area (Å²) in [5, 5.41) is 2.91. The van der Waals surface area contributed by atoms with Gasteiger partial charge in [0.05, 0.1) is 36.7 Å². The summed E-state index contributed by atoms with van der Waals surface area (Å²) < 4.78 is 32.8. The molecule has 8 heteroatoms. The van der Waals surface area contributed by atoms with Gasteiger partial charge in [0.1, 0.15) is 0 Å². The molecule has 28 heavy (non-hydrogen) atoms. The van der Waals surface area contributed by atoms with Gasteiger partial charge >= 0.3 is 0 Å². The van der Waals surface area contributed by atoms with Crippen LogP contribution in [0.1, 0.15) is 44.5 Å². The molecule has 158 valence electrons. The smallest absolute Gasteiger partial charge is 0.251 e. The molecule has 0 radical (unpaired) electrons. The van der Waals surface area contributed by atoms with Gasteiger partial charge in [0.2, 0.25) is 10.0 Å². The predicted octanol–water partition coefficient (Wildman–Crippen LogP) is 0.529. The minimum atomic E-state index is -3.59. The maximum absolute atomic E-state index is 12.9. The Bertz CT molecular complexity index is 722. The second kappa shape index (κ2) is 10.3. The average molecular weight is 413 g/mol. The highest BCUT2D eigenvalue weighted by Gasteiger charge is 2.32. The van der Waals surface area contributed by atoms with E-state index in [1.54, 1.807) is 12.1 Å². The van der Waals surface area contributed by atoms with Crippen LogP contribution in [0.25, 0.3) is 0 Å². The number of quaternary nitrogens is 1. The van der Waals surface area contributed by atoms with E-state index >= 15 is 0 Å². The number of rotatable bonds is 9. The van der Waals surface area contributed by atoms with Gasteiger partial charge in [0, 0.05) is 31.6 Å². The third-order valence-electron chi connectivity index (χ3n) is 5.13.